The van der Waals surface area contributed by atoms with Crippen molar-refractivity contribution in [2.24, 2.45) is 0 Å². The van der Waals surface area contributed by atoms with Gasteiger partial charge in [-0.15, -0.1) is 0 Å². The number of halogens is 7. The predicted octanol–water partition coefficient (Wildman–Crippen LogP) is 8.04. The lowest BCUT2D eigenvalue weighted by atomic mass is 9.90. The molecule has 12 heteroatoms. The zero-order valence-electron chi connectivity index (χ0n) is 21.2. The fraction of sp³-hybridized carbons (Fsp3) is 0.480. The molecule has 2 unspecified atom stereocenters. The number of hydrogen-bond acceptors (Lipinski definition) is 2. The van der Waals surface area contributed by atoms with Crippen LogP contribution >= 0.6 is 0 Å². The van der Waals surface area contributed by atoms with Gasteiger partial charge in [0.25, 0.3) is 6.47 Å². The summed E-state index contributed by atoms with van der Waals surface area (Å²) in [5.41, 5.74) is -0.301. The minimum Gasteiger partial charge on any atom is -0.483 e. The molecule has 0 saturated heterocycles. The lowest BCUT2D eigenvalue weighted by Gasteiger charge is -2.37. The fourth-order valence-electron chi connectivity index (χ4n) is 3.66. The average molecular weight is 560 g/mol. The van der Waals surface area contributed by atoms with E-state index in [9.17, 15) is 34.9 Å². The maximum Gasteiger partial charge on any atom is 0.404 e. The van der Waals surface area contributed by atoms with Gasteiger partial charge in [0, 0.05) is 6.04 Å². The molecule has 2 atom stereocenters. The molecule has 0 amide bonds. The van der Waals surface area contributed by atoms with E-state index >= 15 is 0 Å². The zero-order valence-corrected chi connectivity index (χ0v) is 22.0. The quantitative estimate of drug-likeness (QED) is 0.305. The Kier molecular flexibility index (Phi) is 14.5. The van der Waals surface area contributed by atoms with Gasteiger partial charge in [0.1, 0.15) is 5.82 Å². The Morgan fingerprint density at radius 1 is 1.00 bits per heavy atom. The lowest BCUT2D eigenvalue weighted by molar-refractivity contribution is -0.253. The maximum absolute atomic E-state index is 13.2. The normalized spacial score (nSPS) is 15.6. The van der Waals surface area contributed by atoms with E-state index in [2.05, 4.69) is 0 Å². The van der Waals surface area contributed by atoms with Crippen LogP contribution in [-0.4, -0.2) is 34.2 Å². The number of fused-ring (bicyclic) bond motifs is 1. The molecule has 0 radical (unpaired) electrons. The first-order valence-electron chi connectivity index (χ1n) is 11.7. The molecule has 1 N–H and O–H groups in total. The SMILES string of the molecule is CC.CC.CCC1CCc2cc(C(C(F)(F)F)C(F)(F)F)ccc2N1S(=O)c1ccc(F)cc1.O=CO. The second kappa shape index (κ2) is 15.6. The molecule has 4 nitrogen and oxygen atoms in total. The third kappa shape index (κ3) is 9.32. The highest BCUT2D eigenvalue weighted by molar-refractivity contribution is 7.86. The molecule has 0 bridgehead atoms. The Morgan fingerprint density at radius 2 is 1.49 bits per heavy atom. The van der Waals surface area contributed by atoms with E-state index in [4.69, 9.17) is 9.90 Å². The van der Waals surface area contributed by atoms with Crippen LogP contribution in [0.5, 0.6) is 0 Å². The average Bonchev–Trinajstić information content (AvgIpc) is 2.84. The standard InChI is InChI=1S/C20H18F7NOS.2C2H6.CH2O2/c1-2-15-7-3-12-11-13(18(19(22,23)24)20(25,26)27)4-10-17(12)28(15)30(29)16-8-5-14(21)6-9-16;2*1-2;2-1-3/h4-6,8-11,15,18H,2-3,7H2,1H3;2*1-2H3;1H,(H,2,3). The topological polar surface area (TPSA) is 57.6 Å². The summed E-state index contributed by atoms with van der Waals surface area (Å²) in [6.07, 6.45) is -9.71. The number of anilines is 1. The summed E-state index contributed by atoms with van der Waals surface area (Å²) in [5.74, 6) is -4.10. The van der Waals surface area contributed by atoms with Crippen LogP contribution in [0.25, 0.3) is 0 Å². The van der Waals surface area contributed by atoms with Crippen molar-refractivity contribution in [1.29, 1.82) is 0 Å². The zero-order chi connectivity index (χ0) is 29.0. The Bertz CT molecular complexity index is 966. The number of hydrogen-bond donors (Lipinski definition) is 1. The molecule has 1 heterocycles. The van der Waals surface area contributed by atoms with Gasteiger partial charge in [-0.1, -0.05) is 46.8 Å². The van der Waals surface area contributed by atoms with Gasteiger partial charge >= 0.3 is 12.4 Å². The molecule has 3 rings (SSSR count). The highest BCUT2D eigenvalue weighted by atomic mass is 32.2. The fourth-order valence-corrected chi connectivity index (χ4v) is 5.14. The highest BCUT2D eigenvalue weighted by Crippen LogP contribution is 2.47. The van der Waals surface area contributed by atoms with Crippen molar-refractivity contribution in [1.82, 2.24) is 0 Å². The van der Waals surface area contributed by atoms with Crippen molar-refractivity contribution in [3.8, 4) is 0 Å². The number of nitrogens with zero attached hydrogens (tertiary/aromatic N) is 1. The van der Waals surface area contributed by atoms with Gasteiger partial charge in [-0.05, 0) is 60.7 Å². The van der Waals surface area contributed by atoms with Gasteiger partial charge in [0.05, 0.1) is 10.6 Å². The molecule has 1 aliphatic rings. The first-order chi connectivity index (χ1) is 17.3. The number of rotatable bonds is 4. The summed E-state index contributed by atoms with van der Waals surface area (Å²) >= 11 is 0. The smallest absolute Gasteiger partial charge is 0.404 e. The van der Waals surface area contributed by atoms with Crippen molar-refractivity contribution in [3.63, 3.8) is 0 Å². The predicted molar refractivity (Wildman–Crippen MR) is 130 cm³/mol. The van der Waals surface area contributed by atoms with Crippen LogP contribution < -0.4 is 4.31 Å². The first-order valence-corrected chi connectivity index (χ1v) is 12.8. The third-order valence-corrected chi connectivity index (χ3v) is 6.60. The van der Waals surface area contributed by atoms with E-state index in [1.165, 1.54) is 22.5 Å². The van der Waals surface area contributed by atoms with Crippen LogP contribution in [0.15, 0.2) is 47.4 Å². The minimum atomic E-state index is -5.48. The van der Waals surface area contributed by atoms with Crippen molar-refractivity contribution in [2.75, 3.05) is 4.31 Å². The van der Waals surface area contributed by atoms with Crippen molar-refractivity contribution >= 4 is 23.1 Å². The Morgan fingerprint density at radius 3 is 1.92 bits per heavy atom. The molecule has 0 fully saturated rings. The summed E-state index contributed by atoms with van der Waals surface area (Å²) in [5, 5.41) is 6.89. The molecule has 0 aromatic heterocycles. The third-order valence-electron chi connectivity index (χ3n) is 5.07. The van der Waals surface area contributed by atoms with E-state index in [1.807, 2.05) is 34.6 Å². The molecule has 0 saturated carbocycles. The molecule has 0 spiro atoms. The Labute approximate surface area is 215 Å². The van der Waals surface area contributed by atoms with Gasteiger partial charge in [-0.3, -0.25) is 9.10 Å². The Hall–Kier alpha value is -2.63. The van der Waals surface area contributed by atoms with Gasteiger partial charge in [0.2, 0.25) is 0 Å². The maximum atomic E-state index is 13.2. The molecule has 0 aliphatic carbocycles. The molecule has 210 valence electrons. The van der Waals surface area contributed by atoms with Crippen LogP contribution in [-0.2, 0) is 22.2 Å². The lowest BCUT2D eigenvalue weighted by Crippen LogP contribution is -2.40. The molecule has 37 heavy (non-hydrogen) atoms. The summed E-state index contributed by atoms with van der Waals surface area (Å²) < 4.78 is 106. The van der Waals surface area contributed by atoms with Gasteiger partial charge < -0.3 is 5.11 Å². The molecular formula is C25H32F7NO3S. The van der Waals surface area contributed by atoms with Gasteiger partial charge in [-0.2, -0.15) is 26.3 Å². The van der Waals surface area contributed by atoms with Crippen LogP contribution in [0, 0.1) is 5.82 Å². The number of carbonyl (C=O) groups is 1. The van der Waals surface area contributed by atoms with E-state index < -0.39 is 40.6 Å². The molecule has 2 aromatic rings. The second-order valence-corrected chi connectivity index (χ2v) is 8.50. The largest absolute Gasteiger partial charge is 0.483 e. The minimum absolute atomic E-state index is 0.227. The number of benzene rings is 2. The van der Waals surface area contributed by atoms with Gasteiger partial charge in [0.15, 0.2) is 16.9 Å². The van der Waals surface area contributed by atoms with Crippen molar-refractivity contribution in [3.05, 3.63) is 59.4 Å². The summed E-state index contributed by atoms with van der Waals surface area (Å²) in [4.78, 5) is 8.65. The van der Waals surface area contributed by atoms with E-state index in [1.54, 1.807) is 0 Å². The van der Waals surface area contributed by atoms with Crippen LogP contribution in [0.1, 0.15) is 64.5 Å². The molecule has 2 aromatic carbocycles. The second-order valence-electron chi connectivity index (χ2n) is 7.14. The number of alkyl halides is 6. The number of carboxylic acid groups (broad SMARTS) is 1. The summed E-state index contributed by atoms with van der Waals surface area (Å²) in [7, 11) is -1.80. The van der Waals surface area contributed by atoms with E-state index in [-0.39, 0.29) is 29.4 Å². The van der Waals surface area contributed by atoms with Crippen molar-refractivity contribution in [2.45, 2.75) is 83.1 Å². The van der Waals surface area contributed by atoms with E-state index in [0.717, 1.165) is 24.3 Å². The first kappa shape index (κ1) is 34.4. The number of aryl methyl sites for hydroxylation is 1. The van der Waals surface area contributed by atoms with Gasteiger partial charge in [-0.25, -0.2) is 8.60 Å². The monoisotopic (exact) mass is 559 g/mol. The van der Waals surface area contributed by atoms with E-state index in [0.29, 0.717) is 18.5 Å². The van der Waals surface area contributed by atoms with Crippen molar-refractivity contribution < 1.29 is 44.8 Å². The molecular weight excluding hydrogens is 527 g/mol. The van der Waals surface area contributed by atoms with Crippen LogP contribution in [0.4, 0.5) is 36.4 Å². The summed E-state index contributed by atoms with van der Waals surface area (Å²) in [6.45, 7) is 9.60. The van der Waals surface area contributed by atoms with Crippen LogP contribution in [0.3, 0.4) is 0 Å². The highest BCUT2D eigenvalue weighted by Gasteiger charge is 2.57. The van der Waals surface area contributed by atoms with Crippen LogP contribution in [0.2, 0.25) is 0 Å². The Balaban J connectivity index is 0.00000169. The summed E-state index contributed by atoms with van der Waals surface area (Å²) in [6, 6.07) is 7.58. The molecule has 1 aliphatic heterocycles.